The summed E-state index contributed by atoms with van der Waals surface area (Å²) in [4.78, 5) is 10.8. The smallest absolute Gasteiger partial charge is 0.303 e. The summed E-state index contributed by atoms with van der Waals surface area (Å²) in [5, 5.41) is 8.90. The molecule has 0 radical (unpaired) electrons. The number of rotatable bonds is 6. The minimum absolute atomic E-state index is 0.142. The highest BCUT2D eigenvalue weighted by Crippen LogP contribution is 2.39. The predicted molar refractivity (Wildman–Crippen MR) is 117 cm³/mol. The van der Waals surface area contributed by atoms with E-state index in [9.17, 15) is 4.79 Å². The van der Waals surface area contributed by atoms with Crippen LogP contribution in [0, 0.1) is 20.8 Å². The van der Waals surface area contributed by atoms with Gasteiger partial charge in [0.15, 0.2) is 0 Å². The molecule has 1 heterocycles. The molecule has 3 rings (SSSR count). The Hall–Kier alpha value is -2.49. The van der Waals surface area contributed by atoms with Crippen molar-refractivity contribution < 1.29 is 19.4 Å². The molecule has 1 aliphatic rings. The molecule has 0 unspecified atom stereocenters. The second-order valence-corrected chi connectivity index (χ2v) is 8.11. The van der Waals surface area contributed by atoms with Gasteiger partial charge in [-0.2, -0.15) is 0 Å². The summed E-state index contributed by atoms with van der Waals surface area (Å²) in [5.74, 6) is 1.01. The number of carboxylic acid groups (broad SMARTS) is 1. The van der Waals surface area contributed by atoms with Crippen molar-refractivity contribution in [3.8, 4) is 11.5 Å². The standard InChI is InChI=1S/C23H28O4.C2H6/c1-14-10-18-12-23(4,5)27-22(18)19(11-14)13-26-20-8-6-17(7-9-21(24)25)15(2)16(20)3;1-2/h6,8,10-11H,7,9,12-13H2,1-5H3,(H,24,25);1-2H3. The highest BCUT2D eigenvalue weighted by molar-refractivity contribution is 5.67. The van der Waals surface area contributed by atoms with Crippen LogP contribution in [0.25, 0.3) is 0 Å². The molecule has 0 fully saturated rings. The summed E-state index contributed by atoms with van der Waals surface area (Å²) in [6.45, 7) is 14.8. The van der Waals surface area contributed by atoms with E-state index in [4.69, 9.17) is 14.6 Å². The lowest BCUT2D eigenvalue weighted by Gasteiger charge is -2.19. The van der Waals surface area contributed by atoms with E-state index in [2.05, 4.69) is 32.9 Å². The fourth-order valence-electron chi connectivity index (χ4n) is 3.75. The molecule has 1 N–H and O–H groups in total. The van der Waals surface area contributed by atoms with Crippen molar-refractivity contribution in [2.75, 3.05) is 0 Å². The molecular formula is C25H34O4. The fourth-order valence-corrected chi connectivity index (χ4v) is 3.75. The zero-order valence-electron chi connectivity index (χ0n) is 18.8. The Kier molecular flexibility index (Phi) is 7.34. The molecule has 2 aromatic rings. The zero-order valence-corrected chi connectivity index (χ0v) is 18.8. The van der Waals surface area contributed by atoms with E-state index < -0.39 is 5.97 Å². The number of hydrogen-bond acceptors (Lipinski definition) is 3. The average molecular weight is 399 g/mol. The van der Waals surface area contributed by atoms with Gasteiger partial charge in [-0.05, 0) is 75.4 Å². The SMILES string of the molecule is CC.Cc1cc(COc2ccc(CCC(=O)O)c(C)c2C)c2c(c1)CC(C)(C)O2. The number of benzene rings is 2. The van der Waals surface area contributed by atoms with Gasteiger partial charge in [-0.3, -0.25) is 4.79 Å². The van der Waals surface area contributed by atoms with E-state index in [1.54, 1.807) is 0 Å². The van der Waals surface area contributed by atoms with Crippen LogP contribution in [0.2, 0.25) is 0 Å². The number of aryl methyl sites for hydroxylation is 2. The van der Waals surface area contributed by atoms with Gasteiger partial charge in [0.05, 0.1) is 0 Å². The van der Waals surface area contributed by atoms with E-state index in [0.29, 0.717) is 13.0 Å². The van der Waals surface area contributed by atoms with Crippen molar-refractivity contribution in [3.05, 3.63) is 57.6 Å². The average Bonchev–Trinajstić information content (AvgIpc) is 2.97. The summed E-state index contributed by atoms with van der Waals surface area (Å²) < 4.78 is 12.3. The molecule has 158 valence electrons. The van der Waals surface area contributed by atoms with Gasteiger partial charge in [-0.15, -0.1) is 0 Å². The van der Waals surface area contributed by atoms with Crippen LogP contribution in [0.4, 0.5) is 0 Å². The van der Waals surface area contributed by atoms with Gasteiger partial charge in [-0.25, -0.2) is 0 Å². The van der Waals surface area contributed by atoms with Gasteiger partial charge in [0.1, 0.15) is 23.7 Å². The molecule has 0 aliphatic carbocycles. The van der Waals surface area contributed by atoms with Crippen molar-refractivity contribution in [3.63, 3.8) is 0 Å². The second-order valence-electron chi connectivity index (χ2n) is 8.11. The number of fused-ring (bicyclic) bond motifs is 1. The first-order valence-corrected chi connectivity index (χ1v) is 10.4. The Labute approximate surface area is 174 Å². The first kappa shape index (κ1) is 22.8. The minimum Gasteiger partial charge on any atom is -0.488 e. The van der Waals surface area contributed by atoms with Crippen LogP contribution in [0.5, 0.6) is 11.5 Å². The molecule has 0 saturated heterocycles. The van der Waals surface area contributed by atoms with E-state index in [-0.39, 0.29) is 12.0 Å². The second kappa shape index (κ2) is 9.34. The van der Waals surface area contributed by atoms with Crippen LogP contribution < -0.4 is 9.47 Å². The Morgan fingerprint density at radius 3 is 2.45 bits per heavy atom. The lowest BCUT2D eigenvalue weighted by atomic mass is 9.98. The van der Waals surface area contributed by atoms with Gasteiger partial charge in [0, 0.05) is 18.4 Å². The fraction of sp³-hybridized carbons (Fsp3) is 0.480. The highest BCUT2D eigenvalue weighted by Gasteiger charge is 2.32. The minimum atomic E-state index is -0.774. The number of ether oxygens (including phenoxy) is 2. The summed E-state index contributed by atoms with van der Waals surface area (Å²) >= 11 is 0. The topological polar surface area (TPSA) is 55.8 Å². The third-order valence-electron chi connectivity index (χ3n) is 5.22. The normalized spacial score (nSPS) is 13.8. The van der Waals surface area contributed by atoms with E-state index >= 15 is 0 Å². The van der Waals surface area contributed by atoms with Crippen LogP contribution in [0.3, 0.4) is 0 Å². The number of hydrogen-bond donors (Lipinski definition) is 1. The van der Waals surface area contributed by atoms with Crippen molar-refractivity contribution in [2.45, 2.75) is 79.9 Å². The van der Waals surface area contributed by atoms with E-state index in [1.165, 1.54) is 11.1 Å². The number of carbonyl (C=O) groups is 1. The number of aliphatic carboxylic acids is 1. The van der Waals surface area contributed by atoms with Crippen LogP contribution in [-0.4, -0.2) is 16.7 Å². The zero-order chi connectivity index (χ0) is 21.8. The summed E-state index contributed by atoms with van der Waals surface area (Å²) in [7, 11) is 0. The summed E-state index contributed by atoms with van der Waals surface area (Å²) in [6, 6.07) is 8.24. The predicted octanol–water partition coefficient (Wildman–Crippen LogP) is 5.95. The van der Waals surface area contributed by atoms with Gasteiger partial charge < -0.3 is 14.6 Å². The van der Waals surface area contributed by atoms with E-state index in [1.807, 2.05) is 39.8 Å². The molecule has 4 heteroatoms. The molecule has 0 amide bonds. The van der Waals surface area contributed by atoms with Crippen molar-refractivity contribution >= 4 is 5.97 Å². The maximum Gasteiger partial charge on any atom is 0.303 e. The number of carboxylic acids is 1. The van der Waals surface area contributed by atoms with Crippen LogP contribution in [0.15, 0.2) is 24.3 Å². The lowest BCUT2D eigenvalue weighted by Crippen LogP contribution is -2.25. The molecule has 0 atom stereocenters. The maximum atomic E-state index is 10.8. The van der Waals surface area contributed by atoms with Gasteiger partial charge in [-0.1, -0.05) is 31.5 Å². The lowest BCUT2D eigenvalue weighted by molar-refractivity contribution is -0.136. The third kappa shape index (κ3) is 5.53. The monoisotopic (exact) mass is 398 g/mol. The Bertz CT molecular complexity index is 881. The van der Waals surface area contributed by atoms with E-state index in [0.717, 1.165) is 40.2 Å². The van der Waals surface area contributed by atoms with Crippen LogP contribution in [0.1, 0.15) is 67.5 Å². The van der Waals surface area contributed by atoms with Gasteiger partial charge >= 0.3 is 5.97 Å². The molecule has 29 heavy (non-hydrogen) atoms. The van der Waals surface area contributed by atoms with Crippen LogP contribution >= 0.6 is 0 Å². The van der Waals surface area contributed by atoms with Crippen LogP contribution in [-0.2, 0) is 24.2 Å². The molecular weight excluding hydrogens is 364 g/mol. The van der Waals surface area contributed by atoms with Crippen molar-refractivity contribution in [2.24, 2.45) is 0 Å². The molecule has 0 saturated carbocycles. The summed E-state index contributed by atoms with van der Waals surface area (Å²) in [5.41, 5.74) is 6.57. The Morgan fingerprint density at radius 2 is 1.79 bits per heavy atom. The maximum absolute atomic E-state index is 10.8. The molecule has 0 spiro atoms. The third-order valence-corrected chi connectivity index (χ3v) is 5.22. The first-order valence-electron chi connectivity index (χ1n) is 10.4. The van der Waals surface area contributed by atoms with Gasteiger partial charge in [0.25, 0.3) is 0 Å². The van der Waals surface area contributed by atoms with Crippen molar-refractivity contribution in [1.29, 1.82) is 0 Å². The molecule has 1 aliphatic heterocycles. The molecule has 0 bridgehead atoms. The first-order chi connectivity index (χ1) is 13.7. The Morgan fingerprint density at radius 1 is 1.10 bits per heavy atom. The molecule has 2 aromatic carbocycles. The highest BCUT2D eigenvalue weighted by atomic mass is 16.5. The molecule has 0 aromatic heterocycles. The molecule has 4 nitrogen and oxygen atoms in total. The Balaban J connectivity index is 0.00000145. The summed E-state index contributed by atoms with van der Waals surface area (Å²) in [6.07, 6.45) is 1.59. The van der Waals surface area contributed by atoms with Gasteiger partial charge in [0.2, 0.25) is 0 Å². The largest absolute Gasteiger partial charge is 0.488 e. The van der Waals surface area contributed by atoms with Crippen molar-refractivity contribution in [1.82, 2.24) is 0 Å². The quantitative estimate of drug-likeness (QED) is 0.653.